The molecule has 0 unspecified atom stereocenters. The number of rotatable bonds is 3. The number of nitrogens with zero attached hydrogens (tertiary/aromatic N) is 2. The quantitative estimate of drug-likeness (QED) is 0.792. The van der Waals surface area contributed by atoms with E-state index in [0.29, 0.717) is 10.8 Å². The van der Waals surface area contributed by atoms with Crippen molar-refractivity contribution in [2.24, 2.45) is 0 Å². The molecule has 3 aromatic rings. The zero-order valence-corrected chi connectivity index (χ0v) is 13.2. The minimum Gasteiger partial charge on any atom is -0.403 e. The Balaban J connectivity index is 1.55. The molecule has 1 aliphatic rings. The Labute approximate surface area is 137 Å². The largest absolute Gasteiger partial charge is 0.403 e. The van der Waals surface area contributed by atoms with Gasteiger partial charge in [0.25, 0.3) is 5.91 Å². The third-order valence-electron chi connectivity index (χ3n) is 3.99. The lowest BCUT2D eigenvalue weighted by atomic mass is 9.90. The Morgan fingerprint density at radius 2 is 2.00 bits per heavy atom. The fourth-order valence-electron chi connectivity index (χ4n) is 2.82. The average Bonchev–Trinajstić information content (AvgIpc) is 3.26. The number of carbonyl (C=O) groups is 1. The van der Waals surface area contributed by atoms with Gasteiger partial charge in [0, 0.05) is 5.56 Å². The first-order valence-corrected chi connectivity index (χ1v) is 8.48. The molecule has 2 heterocycles. The summed E-state index contributed by atoms with van der Waals surface area (Å²) in [5, 5.41) is 12.4. The molecule has 6 heteroatoms. The summed E-state index contributed by atoms with van der Waals surface area (Å²) in [7, 11) is 0. The Kier molecular flexibility index (Phi) is 3.67. The molecule has 0 fully saturated rings. The summed E-state index contributed by atoms with van der Waals surface area (Å²) in [5.41, 5.74) is 3.66. The topological polar surface area (TPSA) is 68.0 Å². The highest BCUT2D eigenvalue weighted by Gasteiger charge is 2.15. The highest BCUT2D eigenvalue weighted by atomic mass is 32.1. The molecular weight excluding hydrogens is 310 g/mol. The van der Waals surface area contributed by atoms with E-state index < -0.39 is 0 Å². The van der Waals surface area contributed by atoms with Crippen molar-refractivity contribution in [3.63, 3.8) is 0 Å². The van der Waals surface area contributed by atoms with E-state index in [1.165, 1.54) is 35.3 Å². The third kappa shape index (κ3) is 2.90. The van der Waals surface area contributed by atoms with Gasteiger partial charge >= 0.3 is 6.01 Å². The predicted octanol–water partition coefficient (Wildman–Crippen LogP) is 3.93. The molecule has 1 aromatic carbocycles. The van der Waals surface area contributed by atoms with E-state index in [9.17, 15) is 4.79 Å². The normalized spacial score (nSPS) is 13.6. The van der Waals surface area contributed by atoms with E-state index in [2.05, 4.69) is 27.6 Å². The molecule has 0 radical (unpaired) electrons. The van der Waals surface area contributed by atoms with Gasteiger partial charge in [-0.05, 0) is 60.4 Å². The molecule has 1 N–H and O–H groups in total. The van der Waals surface area contributed by atoms with Crippen LogP contribution in [0, 0.1) is 0 Å². The van der Waals surface area contributed by atoms with Crippen molar-refractivity contribution in [3.8, 4) is 11.5 Å². The van der Waals surface area contributed by atoms with Gasteiger partial charge < -0.3 is 4.42 Å². The van der Waals surface area contributed by atoms with Crippen LogP contribution in [0.1, 0.15) is 33.6 Å². The predicted molar refractivity (Wildman–Crippen MR) is 88.6 cm³/mol. The maximum atomic E-state index is 12.0. The number of anilines is 1. The summed E-state index contributed by atoms with van der Waals surface area (Å²) in [6.45, 7) is 0. The molecule has 0 saturated heterocycles. The summed E-state index contributed by atoms with van der Waals surface area (Å²) in [4.78, 5) is 12.6. The molecule has 5 nitrogen and oxygen atoms in total. The van der Waals surface area contributed by atoms with Gasteiger partial charge in [0.1, 0.15) is 0 Å². The fraction of sp³-hybridized carbons (Fsp3) is 0.235. The first-order valence-electron chi connectivity index (χ1n) is 7.60. The highest BCUT2D eigenvalue weighted by molar-refractivity contribution is 7.12. The van der Waals surface area contributed by atoms with Crippen LogP contribution in [0.2, 0.25) is 0 Å². The Morgan fingerprint density at radius 3 is 2.83 bits per heavy atom. The van der Waals surface area contributed by atoms with Gasteiger partial charge in [-0.1, -0.05) is 17.2 Å². The minimum absolute atomic E-state index is 0.121. The number of thiophene rings is 1. The van der Waals surface area contributed by atoms with Crippen LogP contribution in [0.3, 0.4) is 0 Å². The number of aromatic nitrogens is 2. The lowest BCUT2D eigenvalue weighted by molar-refractivity contribution is 0.102. The smallest absolute Gasteiger partial charge is 0.322 e. The third-order valence-corrected chi connectivity index (χ3v) is 4.85. The molecule has 0 aliphatic heterocycles. The van der Waals surface area contributed by atoms with Gasteiger partial charge in [-0.15, -0.1) is 16.4 Å². The Bertz CT molecular complexity index is 839. The standard InChI is InChI=1S/C17H15N3O2S/c21-15(14-6-3-9-23-14)18-17-20-19-16(22-17)13-8-7-11-4-1-2-5-12(11)10-13/h3,6-10H,1-2,4-5H2,(H,18,20,21). The number of carbonyl (C=O) groups excluding carboxylic acids is 1. The van der Waals surface area contributed by atoms with Crippen LogP contribution >= 0.6 is 11.3 Å². The molecule has 0 spiro atoms. The van der Waals surface area contributed by atoms with Gasteiger partial charge in [0.05, 0.1) is 4.88 Å². The Morgan fingerprint density at radius 1 is 1.13 bits per heavy atom. The number of aryl methyl sites for hydroxylation is 2. The summed E-state index contributed by atoms with van der Waals surface area (Å²) < 4.78 is 5.58. The molecule has 0 bridgehead atoms. The second-order valence-electron chi connectivity index (χ2n) is 5.53. The molecule has 23 heavy (non-hydrogen) atoms. The first-order chi connectivity index (χ1) is 11.3. The van der Waals surface area contributed by atoms with Crippen molar-refractivity contribution >= 4 is 23.3 Å². The molecular formula is C17H15N3O2S. The van der Waals surface area contributed by atoms with Crippen molar-refractivity contribution in [2.45, 2.75) is 25.7 Å². The van der Waals surface area contributed by atoms with Crippen LogP contribution in [-0.2, 0) is 12.8 Å². The van der Waals surface area contributed by atoms with Crippen LogP contribution < -0.4 is 5.32 Å². The first kappa shape index (κ1) is 14.1. The van der Waals surface area contributed by atoms with Crippen molar-refractivity contribution < 1.29 is 9.21 Å². The number of fused-ring (bicyclic) bond motifs is 1. The average molecular weight is 325 g/mol. The summed E-state index contributed by atoms with van der Waals surface area (Å²) in [6.07, 6.45) is 4.72. The van der Waals surface area contributed by atoms with Gasteiger partial charge in [0.15, 0.2) is 0 Å². The van der Waals surface area contributed by atoms with Crippen molar-refractivity contribution in [1.29, 1.82) is 0 Å². The van der Waals surface area contributed by atoms with E-state index in [1.54, 1.807) is 6.07 Å². The van der Waals surface area contributed by atoms with E-state index >= 15 is 0 Å². The lowest BCUT2D eigenvalue weighted by Crippen LogP contribution is -2.10. The minimum atomic E-state index is -0.236. The maximum Gasteiger partial charge on any atom is 0.322 e. The molecule has 0 saturated carbocycles. The molecule has 2 aromatic heterocycles. The summed E-state index contributed by atoms with van der Waals surface area (Å²) in [6, 6.07) is 9.95. The van der Waals surface area contributed by atoms with Crippen LogP contribution in [0.15, 0.2) is 40.1 Å². The molecule has 1 amide bonds. The van der Waals surface area contributed by atoms with Crippen molar-refractivity contribution in [2.75, 3.05) is 5.32 Å². The summed E-state index contributed by atoms with van der Waals surface area (Å²) in [5.74, 6) is 0.195. The molecule has 1 aliphatic carbocycles. The summed E-state index contributed by atoms with van der Waals surface area (Å²) >= 11 is 1.37. The van der Waals surface area contributed by atoms with Gasteiger partial charge in [0.2, 0.25) is 5.89 Å². The number of benzene rings is 1. The van der Waals surface area contributed by atoms with Gasteiger partial charge in [-0.3, -0.25) is 10.1 Å². The van der Waals surface area contributed by atoms with E-state index in [-0.39, 0.29) is 11.9 Å². The SMILES string of the molecule is O=C(Nc1nnc(-c2ccc3c(c2)CCCC3)o1)c1cccs1. The van der Waals surface area contributed by atoms with Gasteiger partial charge in [-0.25, -0.2) is 0 Å². The van der Waals surface area contributed by atoms with Crippen LogP contribution in [0.4, 0.5) is 6.01 Å². The number of hydrogen-bond acceptors (Lipinski definition) is 5. The van der Waals surface area contributed by atoms with E-state index in [1.807, 2.05) is 17.5 Å². The van der Waals surface area contributed by atoms with Crippen molar-refractivity contribution in [1.82, 2.24) is 10.2 Å². The molecule has 0 atom stereocenters. The zero-order chi connectivity index (χ0) is 15.6. The number of hydrogen-bond donors (Lipinski definition) is 1. The second-order valence-corrected chi connectivity index (χ2v) is 6.48. The lowest BCUT2D eigenvalue weighted by Gasteiger charge is -2.15. The van der Waals surface area contributed by atoms with Gasteiger partial charge in [-0.2, -0.15) is 0 Å². The van der Waals surface area contributed by atoms with Crippen LogP contribution in [0.25, 0.3) is 11.5 Å². The number of nitrogens with one attached hydrogen (secondary N) is 1. The zero-order valence-electron chi connectivity index (χ0n) is 12.4. The molecule has 4 rings (SSSR count). The second kappa shape index (κ2) is 5.96. The number of amides is 1. The monoisotopic (exact) mass is 325 g/mol. The van der Waals surface area contributed by atoms with Crippen molar-refractivity contribution in [3.05, 3.63) is 51.7 Å². The van der Waals surface area contributed by atoms with Crippen LogP contribution in [0.5, 0.6) is 0 Å². The Hall–Kier alpha value is -2.47. The van der Waals surface area contributed by atoms with Crippen LogP contribution in [-0.4, -0.2) is 16.1 Å². The maximum absolute atomic E-state index is 12.0. The fourth-order valence-corrected chi connectivity index (χ4v) is 3.44. The molecule has 116 valence electrons. The highest BCUT2D eigenvalue weighted by Crippen LogP contribution is 2.27. The van der Waals surface area contributed by atoms with E-state index in [4.69, 9.17) is 4.42 Å². The van der Waals surface area contributed by atoms with E-state index in [0.717, 1.165) is 18.4 Å².